The zero-order valence-corrected chi connectivity index (χ0v) is 31.0. The van der Waals surface area contributed by atoms with Crippen LogP contribution in [0.15, 0.2) is 156 Å². The number of urea groups is 2. The molecule has 0 radical (unpaired) electrons. The lowest BCUT2D eigenvalue weighted by Crippen LogP contribution is -2.35. The van der Waals surface area contributed by atoms with Crippen LogP contribution in [0.4, 0.5) is 32.7 Å². The summed E-state index contributed by atoms with van der Waals surface area (Å²) < 4.78 is 3.39. The number of amides is 4. The molecule has 3 heterocycles. The molecule has 0 bridgehead atoms. The summed E-state index contributed by atoms with van der Waals surface area (Å²) in [6.45, 7) is 3.76. The molecule has 0 saturated heterocycles. The van der Waals surface area contributed by atoms with Gasteiger partial charge < -0.3 is 0 Å². The Morgan fingerprint density at radius 3 is 2.05 bits per heavy atom. The summed E-state index contributed by atoms with van der Waals surface area (Å²) in [5.41, 5.74) is 7.27. The van der Waals surface area contributed by atoms with Crippen molar-refractivity contribution in [3.05, 3.63) is 151 Å². The first kappa shape index (κ1) is 36.7. The molecule has 4 N–H and O–H groups in total. The lowest BCUT2D eigenvalue weighted by Gasteiger charge is -2.13. The quantitative estimate of drug-likeness (QED) is 0.0813. The van der Waals surface area contributed by atoms with Crippen LogP contribution >= 0.6 is 0 Å². The van der Waals surface area contributed by atoms with E-state index in [0.717, 1.165) is 45.2 Å². The predicted octanol–water partition coefficient (Wildman–Crippen LogP) is 9.07. The molecule has 0 fully saturated rings. The van der Waals surface area contributed by atoms with E-state index < -0.39 is 12.1 Å². The van der Waals surface area contributed by atoms with E-state index in [0.29, 0.717) is 35.4 Å². The van der Waals surface area contributed by atoms with Crippen molar-refractivity contribution in [1.29, 1.82) is 0 Å². The Kier molecular flexibility index (Phi) is 11.1. The fraction of sp³-hybridized carbons (Fsp3) is 0.0930. The van der Waals surface area contributed by atoms with Crippen molar-refractivity contribution in [2.75, 3.05) is 23.0 Å². The molecular formula is C43H39N11O2. The topological polar surface area (TPSA) is 156 Å². The third-order valence-electron chi connectivity index (χ3n) is 8.62. The second-order valence-corrected chi connectivity index (χ2v) is 12.8. The van der Waals surface area contributed by atoms with Crippen molar-refractivity contribution in [1.82, 2.24) is 29.9 Å². The number of rotatable bonds is 10. The highest BCUT2D eigenvalue weighted by molar-refractivity contribution is 6.11. The normalized spacial score (nSPS) is 11.6. The number of pyridine rings is 1. The number of aromatic nitrogens is 5. The van der Waals surface area contributed by atoms with Gasteiger partial charge in [-0.25, -0.2) is 28.9 Å². The molecule has 0 atom stereocenters. The van der Waals surface area contributed by atoms with Crippen molar-refractivity contribution in [2.45, 2.75) is 20.3 Å². The van der Waals surface area contributed by atoms with E-state index in [1.54, 1.807) is 40.8 Å². The summed E-state index contributed by atoms with van der Waals surface area (Å²) in [6, 6.07) is 43.0. The molecule has 0 spiro atoms. The maximum Gasteiger partial charge on any atom is 0.326 e. The summed E-state index contributed by atoms with van der Waals surface area (Å²) in [5, 5.41) is 21.1. The second kappa shape index (κ2) is 17.0. The summed E-state index contributed by atoms with van der Waals surface area (Å²) >= 11 is 0. The van der Waals surface area contributed by atoms with Gasteiger partial charge in [0.1, 0.15) is 23.3 Å². The first-order chi connectivity index (χ1) is 27.3. The van der Waals surface area contributed by atoms with Crippen molar-refractivity contribution < 1.29 is 9.59 Å². The smallest absolute Gasteiger partial charge is 0.297 e. The number of benzene rings is 4. The van der Waals surface area contributed by atoms with Crippen molar-refractivity contribution >= 4 is 46.8 Å². The molecule has 0 saturated carbocycles. The second-order valence-electron chi connectivity index (χ2n) is 12.8. The molecule has 13 nitrogen and oxygen atoms in total. The average molecular weight is 742 g/mol. The Morgan fingerprint density at radius 2 is 1.32 bits per heavy atom. The first-order valence-corrected chi connectivity index (χ1v) is 17.9. The van der Waals surface area contributed by atoms with Crippen molar-refractivity contribution in [3.63, 3.8) is 0 Å². The number of anilines is 3. The maximum atomic E-state index is 13.3. The minimum atomic E-state index is -0.450. The number of amidine groups is 1. The van der Waals surface area contributed by atoms with Gasteiger partial charge in [0.05, 0.1) is 28.5 Å². The lowest BCUT2D eigenvalue weighted by molar-refractivity contribution is 0.255. The number of para-hydroxylation sites is 1. The van der Waals surface area contributed by atoms with Gasteiger partial charge in [-0.3, -0.25) is 26.3 Å². The van der Waals surface area contributed by atoms with Crippen LogP contribution < -0.4 is 21.3 Å². The van der Waals surface area contributed by atoms with Gasteiger partial charge >= 0.3 is 12.1 Å². The number of aryl methyl sites for hydroxylation is 1. The fourth-order valence-electron chi connectivity index (χ4n) is 5.89. The standard InChI is InChI=1S/C43H39N11O2/c1-29(44-3)25-39(46-34-16-8-5-9-17-34)48-43(56)49-40-26-30(2)51-54(40)36-18-12-15-33(27-36)31-20-22-35(23-21-31)53-41(28-37(52-53)32-13-6-4-7-14-32)50-42(55)47-38-19-10-11-24-45-38/h4-24,26-28H,25H2,1-3H3,(H2,45,47,50,55)(H2,46,48,49,56). The van der Waals surface area contributed by atoms with Crippen LogP contribution in [0.3, 0.4) is 0 Å². The van der Waals surface area contributed by atoms with E-state index in [2.05, 4.69) is 41.3 Å². The number of hydrogen-bond donors (Lipinski definition) is 4. The van der Waals surface area contributed by atoms with Gasteiger partial charge in [0.2, 0.25) is 0 Å². The number of carbonyl (C=O) groups excluding carboxylic acids is 2. The van der Waals surface area contributed by atoms with Gasteiger partial charge in [-0.15, -0.1) is 0 Å². The number of carbonyl (C=O) groups is 2. The molecule has 4 amide bonds. The van der Waals surface area contributed by atoms with Crippen molar-refractivity contribution in [2.24, 2.45) is 9.98 Å². The highest BCUT2D eigenvalue weighted by Crippen LogP contribution is 2.29. The highest BCUT2D eigenvalue weighted by atomic mass is 16.2. The number of nitrogens with one attached hydrogen (secondary N) is 4. The average Bonchev–Trinajstić information content (AvgIpc) is 3.81. The lowest BCUT2D eigenvalue weighted by atomic mass is 10.0. The van der Waals surface area contributed by atoms with E-state index in [4.69, 9.17) is 5.10 Å². The summed E-state index contributed by atoms with van der Waals surface area (Å²) in [7, 11) is 1.71. The third-order valence-corrected chi connectivity index (χ3v) is 8.62. The van der Waals surface area contributed by atoms with E-state index in [1.807, 2.05) is 135 Å². The molecule has 56 heavy (non-hydrogen) atoms. The Hall–Kier alpha value is -7.67. The summed E-state index contributed by atoms with van der Waals surface area (Å²) in [5.74, 6) is 1.87. The molecular weight excluding hydrogens is 703 g/mol. The number of nitrogens with zero attached hydrogens (tertiary/aromatic N) is 7. The number of aliphatic imine (C=N–C) groups is 2. The molecule has 0 aliphatic heterocycles. The molecule has 0 aliphatic carbocycles. The van der Waals surface area contributed by atoms with E-state index >= 15 is 0 Å². The first-order valence-electron chi connectivity index (χ1n) is 17.9. The highest BCUT2D eigenvalue weighted by Gasteiger charge is 2.16. The summed E-state index contributed by atoms with van der Waals surface area (Å²) in [6.07, 6.45) is 1.99. The van der Waals surface area contributed by atoms with Crippen LogP contribution in [0.5, 0.6) is 0 Å². The molecule has 278 valence electrons. The minimum Gasteiger partial charge on any atom is -0.297 e. The fourth-order valence-corrected chi connectivity index (χ4v) is 5.89. The molecule has 4 aromatic carbocycles. The SMILES string of the molecule is CN=C(C)CC(=Nc1ccccc1)NC(=O)Nc1cc(C)nn1-c1cccc(-c2ccc(-n3nc(-c4ccccc4)cc3NC(=O)Nc3ccccn3)cc2)c1. The Morgan fingerprint density at radius 1 is 0.643 bits per heavy atom. The molecule has 13 heteroatoms. The van der Waals surface area contributed by atoms with Crippen LogP contribution in [-0.4, -0.2) is 55.2 Å². The van der Waals surface area contributed by atoms with Crippen LogP contribution in [0.1, 0.15) is 19.0 Å². The Bertz CT molecular complexity index is 2510. The number of hydrogen-bond acceptors (Lipinski definition) is 7. The molecule has 0 aliphatic rings. The zero-order valence-electron chi connectivity index (χ0n) is 31.0. The van der Waals surface area contributed by atoms with Crippen LogP contribution in [0.2, 0.25) is 0 Å². The third kappa shape index (κ3) is 9.09. The van der Waals surface area contributed by atoms with Crippen LogP contribution in [0, 0.1) is 6.92 Å². The Balaban J connectivity index is 1.11. The molecule has 7 aromatic rings. The van der Waals surface area contributed by atoms with Crippen LogP contribution in [-0.2, 0) is 0 Å². The van der Waals surface area contributed by atoms with E-state index in [-0.39, 0.29) is 0 Å². The summed E-state index contributed by atoms with van der Waals surface area (Å²) in [4.78, 5) is 39.4. The van der Waals surface area contributed by atoms with Gasteiger partial charge in [-0.05, 0) is 73.5 Å². The monoisotopic (exact) mass is 741 g/mol. The van der Waals surface area contributed by atoms with Crippen molar-refractivity contribution in [3.8, 4) is 33.8 Å². The van der Waals surface area contributed by atoms with Gasteiger partial charge in [0, 0.05) is 43.1 Å². The maximum absolute atomic E-state index is 13.3. The van der Waals surface area contributed by atoms with Gasteiger partial charge in [-0.2, -0.15) is 10.2 Å². The largest absolute Gasteiger partial charge is 0.326 e. The van der Waals surface area contributed by atoms with E-state index in [9.17, 15) is 9.59 Å². The van der Waals surface area contributed by atoms with Gasteiger partial charge in [-0.1, -0.05) is 78.9 Å². The van der Waals surface area contributed by atoms with Gasteiger partial charge in [0.15, 0.2) is 0 Å². The Labute approximate surface area is 323 Å². The molecule has 3 aromatic heterocycles. The van der Waals surface area contributed by atoms with E-state index in [1.165, 1.54) is 0 Å². The van der Waals surface area contributed by atoms with Gasteiger partial charge in [0.25, 0.3) is 0 Å². The molecule has 7 rings (SSSR count). The zero-order chi connectivity index (χ0) is 38.9. The predicted molar refractivity (Wildman–Crippen MR) is 223 cm³/mol. The molecule has 0 unspecified atom stereocenters. The van der Waals surface area contributed by atoms with Crippen LogP contribution in [0.25, 0.3) is 33.8 Å². The minimum absolute atomic E-state index is 0.381.